The number of carboxylic acid groups (broad SMARTS) is 1. The molecule has 0 amide bonds. The lowest BCUT2D eigenvalue weighted by Crippen LogP contribution is -2.36. The zero-order valence-corrected chi connectivity index (χ0v) is 15.0. The van der Waals surface area contributed by atoms with Crippen LogP contribution in [-0.4, -0.2) is 38.8 Å². The van der Waals surface area contributed by atoms with E-state index in [4.69, 9.17) is 0 Å². The Morgan fingerprint density at radius 1 is 1.62 bits per heavy atom. The zero-order valence-electron chi connectivity index (χ0n) is 14.2. The smallest absolute Gasteiger partial charge is 0.356 e. The van der Waals surface area contributed by atoms with Gasteiger partial charge in [0, 0.05) is 28.7 Å². The van der Waals surface area contributed by atoms with Gasteiger partial charge >= 0.3 is 5.97 Å². The fourth-order valence-corrected chi connectivity index (χ4v) is 4.38. The van der Waals surface area contributed by atoms with E-state index in [2.05, 4.69) is 42.0 Å². The Kier molecular flexibility index (Phi) is 4.87. The van der Waals surface area contributed by atoms with E-state index in [0.717, 1.165) is 37.1 Å². The number of likely N-dealkylation sites (N-methyl/N-ethyl adjacent to an activating group) is 1. The van der Waals surface area contributed by atoms with Gasteiger partial charge in [0.05, 0.1) is 6.54 Å². The third-order valence-corrected chi connectivity index (χ3v) is 5.82. The normalized spacial score (nSPS) is 17.0. The van der Waals surface area contributed by atoms with Crippen LogP contribution in [0.15, 0.2) is 24.1 Å². The number of allylic oxidation sites excluding steroid dienone is 1. The average molecular weight is 345 g/mol. The lowest BCUT2D eigenvalue weighted by molar-refractivity contribution is 0.0687. The lowest BCUT2D eigenvalue weighted by Gasteiger charge is -2.31. The SMILES string of the molecule is C=CCn1nc(C(=O)O)c2c1CCC(N(C)Cc1sccc1C)C2. The number of nitrogens with zero attached hydrogens (tertiary/aromatic N) is 3. The van der Waals surface area contributed by atoms with E-state index in [0.29, 0.717) is 12.6 Å². The summed E-state index contributed by atoms with van der Waals surface area (Å²) in [5, 5.41) is 15.9. The molecule has 2 aromatic rings. The number of hydrogen-bond acceptors (Lipinski definition) is 4. The van der Waals surface area contributed by atoms with Gasteiger partial charge in [-0.2, -0.15) is 5.10 Å². The van der Waals surface area contributed by atoms with Crippen LogP contribution in [0, 0.1) is 6.92 Å². The van der Waals surface area contributed by atoms with Crippen molar-refractivity contribution in [2.75, 3.05) is 7.05 Å². The number of thiophene rings is 1. The molecule has 1 unspecified atom stereocenters. The summed E-state index contributed by atoms with van der Waals surface area (Å²) in [6, 6.07) is 2.49. The number of rotatable bonds is 6. The fraction of sp³-hybridized carbons (Fsp3) is 0.444. The maximum absolute atomic E-state index is 11.6. The number of carbonyl (C=O) groups is 1. The molecule has 2 heterocycles. The van der Waals surface area contributed by atoms with Crippen molar-refractivity contribution in [3.63, 3.8) is 0 Å². The molecule has 0 spiro atoms. The van der Waals surface area contributed by atoms with Gasteiger partial charge < -0.3 is 5.11 Å². The molecule has 0 bridgehead atoms. The van der Waals surface area contributed by atoms with Crippen molar-refractivity contribution in [1.82, 2.24) is 14.7 Å². The summed E-state index contributed by atoms with van der Waals surface area (Å²) < 4.78 is 1.80. The van der Waals surface area contributed by atoms with E-state index >= 15 is 0 Å². The molecule has 1 aliphatic rings. The van der Waals surface area contributed by atoms with E-state index < -0.39 is 5.97 Å². The first-order chi connectivity index (χ1) is 11.5. The summed E-state index contributed by atoms with van der Waals surface area (Å²) in [7, 11) is 2.13. The zero-order chi connectivity index (χ0) is 17.3. The molecule has 0 aromatic carbocycles. The highest BCUT2D eigenvalue weighted by atomic mass is 32.1. The number of hydrogen-bond donors (Lipinski definition) is 1. The summed E-state index contributed by atoms with van der Waals surface area (Å²) in [4.78, 5) is 15.3. The number of aromatic carboxylic acids is 1. The molecule has 1 N–H and O–H groups in total. The fourth-order valence-electron chi connectivity index (χ4n) is 3.41. The summed E-state index contributed by atoms with van der Waals surface area (Å²) in [6.45, 7) is 7.35. The first kappa shape index (κ1) is 16.9. The summed E-state index contributed by atoms with van der Waals surface area (Å²) >= 11 is 1.78. The van der Waals surface area contributed by atoms with Crippen molar-refractivity contribution in [3.8, 4) is 0 Å². The van der Waals surface area contributed by atoms with Crippen molar-refractivity contribution in [1.29, 1.82) is 0 Å². The van der Waals surface area contributed by atoms with Crippen molar-refractivity contribution in [2.24, 2.45) is 0 Å². The van der Waals surface area contributed by atoms with E-state index in [1.54, 1.807) is 22.1 Å². The van der Waals surface area contributed by atoms with Crippen LogP contribution in [0.5, 0.6) is 0 Å². The Bertz CT molecular complexity index is 762. The first-order valence-electron chi connectivity index (χ1n) is 8.17. The van der Waals surface area contributed by atoms with Gasteiger partial charge in [-0.05, 0) is 50.2 Å². The van der Waals surface area contributed by atoms with Gasteiger partial charge in [0.15, 0.2) is 5.69 Å². The van der Waals surface area contributed by atoms with Crippen molar-refractivity contribution in [3.05, 3.63) is 51.5 Å². The Labute approximate surface area is 146 Å². The second-order valence-electron chi connectivity index (χ2n) is 6.39. The second kappa shape index (κ2) is 6.91. The van der Waals surface area contributed by atoms with Gasteiger partial charge in [-0.25, -0.2) is 4.79 Å². The van der Waals surface area contributed by atoms with Crippen LogP contribution in [0.2, 0.25) is 0 Å². The molecular weight excluding hydrogens is 322 g/mol. The monoisotopic (exact) mass is 345 g/mol. The molecule has 0 aliphatic heterocycles. The molecule has 0 radical (unpaired) electrons. The van der Waals surface area contributed by atoms with E-state index in [9.17, 15) is 9.90 Å². The minimum Gasteiger partial charge on any atom is -0.476 e. The number of carboxylic acids is 1. The van der Waals surface area contributed by atoms with Crippen molar-refractivity contribution >= 4 is 17.3 Å². The summed E-state index contributed by atoms with van der Waals surface area (Å²) in [5.74, 6) is -0.938. The molecule has 0 saturated heterocycles. The summed E-state index contributed by atoms with van der Waals surface area (Å²) in [6.07, 6.45) is 4.39. The Hall–Kier alpha value is -1.92. The number of fused-ring (bicyclic) bond motifs is 1. The first-order valence-corrected chi connectivity index (χ1v) is 9.05. The molecule has 2 aromatic heterocycles. The molecule has 3 rings (SSSR count). The molecule has 1 atom stereocenters. The predicted octanol–water partition coefficient (Wildman–Crippen LogP) is 3.13. The number of aromatic nitrogens is 2. The van der Waals surface area contributed by atoms with Gasteiger partial charge in [0.2, 0.25) is 0 Å². The van der Waals surface area contributed by atoms with Gasteiger partial charge in [-0.1, -0.05) is 6.08 Å². The quantitative estimate of drug-likeness (QED) is 0.817. The van der Waals surface area contributed by atoms with Gasteiger partial charge in [0.25, 0.3) is 0 Å². The topological polar surface area (TPSA) is 58.4 Å². The Morgan fingerprint density at radius 2 is 2.42 bits per heavy atom. The van der Waals surface area contributed by atoms with Crippen molar-refractivity contribution < 1.29 is 9.90 Å². The average Bonchev–Trinajstić information content (AvgIpc) is 3.12. The van der Waals surface area contributed by atoms with E-state index in [1.165, 1.54) is 10.4 Å². The minimum absolute atomic E-state index is 0.206. The van der Waals surface area contributed by atoms with Crippen LogP contribution in [-0.2, 0) is 25.9 Å². The predicted molar refractivity (Wildman–Crippen MR) is 95.7 cm³/mol. The van der Waals surface area contributed by atoms with Crippen molar-refractivity contribution in [2.45, 2.75) is 45.3 Å². The van der Waals surface area contributed by atoms with Crippen LogP contribution in [0.25, 0.3) is 0 Å². The third-order valence-electron chi connectivity index (χ3n) is 4.81. The minimum atomic E-state index is -0.938. The molecule has 0 fully saturated rings. The molecule has 128 valence electrons. The molecular formula is C18H23N3O2S. The number of aryl methyl sites for hydroxylation is 1. The maximum atomic E-state index is 11.6. The highest BCUT2D eigenvalue weighted by Gasteiger charge is 2.30. The Balaban J connectivity index is 1.81. The lowest BCUT2D eigenvalue weighted by atomic mass is 9.90. The van der Waals surface area contributed by atoms with E-state index in [1.807, 2.05) is 0 Å². The Morgan fingerprint density at radius 3 is 3.04 bits per heavy atom. The van der Waals surface area contributed by atoms with Crippen LogP contribution in [0.3, 0.4) is 0 Å². The highest BCUT2D eigenvalue weighted by molar-refractivity contribution is 7.10. The van der Waals surface area contributed by atoms with Gasteiger partial charge in [0.1, 0.15) is 0 Å². The molecule has 5 nitrogen and oxygen atoms in total. The molecule has 1 aliphatic carbocycles. The second-order valence-corrected chi connectivity index (χ2v) is 7.39. The molecule has 24 heavy (non-hydrogen) atoms. The molecule has 6 heteroatoms. The highest BCUT2D eigenvalue weighted by Crippen LogP contribution is 2.29. The van der Waals surface area contributed by atoms with Crippen LogP contribution in [0.4, 0.5) is 0 Å². The largest absolute Gasteiger partial charge is 0.476 e. The standard InChI is InChI=1S/C18H23N3O2S/c1-4-8-21-15-6-5-13(10-14(15)17(19-21)18(22)23)20(3)11-16-12(2)7-9-24-16/h4,7,9,13H,1,5-6,8,10-11H2,2-3H3,(H,22,23). The third kappa shape index (κ3) is 3.16. The van der Waals surface area contributed by atoms with Gasteiger partial charge in [-0.15, -0.1) is 17.9 Å². The summed E-state index contributed by atoms with van der Waals surface area (Å²) in [5.41, 5.74) is 3.49. The van der Waals surface area contributed by atoms with Crippen LogP contribution in [0.1, 0.15) is 38.6 Å². The van der Waals surface area contributed by atoms with Gasteiger partial charge in [-0.3, -0.25) is 9.58 Å². The van der Waals surface area contributed by atoms with E-state index in [-0.39, 0.29) is 5.69 Å². The van der Waals surface area contributed by atoms with Crippen LogP contribution < -0.4 is 0 Å². The molecule has 0 saturated carbocycles. The van der Waals surface area contributed by atoms with Crippen LogP contribution >= 0.6 is 11.3 Å². The maximum Gasteiger partial charge on any atom is 0.356 e.